The Bertz CT molecular complexity index is 295. The third-order valence-corrected chi connectivity index (χ3v) is 2.55. The summed E-state index contributed by atoms with van der Waals surface area (Å²) in [4.78, 5) is 8.06. The molecule has 1 aromatic heterocycles. The molecule has 0 aliphatic heterocycles. The summed E-state index contributed by atoms with van der Waals surface area (Å²) in [6.45, 7) is 2.79. The number of rotatable bonds is 5. The minimum atomic E-state index is -0.119. The Kier molecular flexibility index (Phi) is 4.97. The van der Waals surface area contributed by atoms with Crippen molar-refractivity contribution in [3.05, 3.63) is 18.6 Å². The van der Waals surface area contributed by atoms with E-state index < -0.39 is 0 Å². The minimum Gasteiger partial charge on any atom is -0.302 e. The highest BCUT2D eigenvalue weighted by atomic mass is 32.2. The lowest BCUT2D eigenvalue weighted by molar-refractivity contribution is 0.677. The highest BCUT2D eigenvalue weighted by Gasteiger charge is 2.05. The zero-order chi connectivity index (χ0) is 10.2. The molecule has 1 atom stereocenters. The van der Waals surface area contributed by atoms with Gasteiger partial charge in [-0.25, -0.2) is 4.98 Å². The Balaban J connectivity index is 2.37. The van der Waals surface area contributed by atoms with Crippen molar-refractivity contribution in [3.8, 4) is 6.07 Å². The topological polar surface area (TPSA) is 61.6 Å². The maximum atomic E-state index is 8.77. The van der Waals surface area contributed by atoms with Crippen molar-refractivity contribution in [1.82, 2.24) is 15.3 Å². The van der Waals surface area contributed by atoms with Crippen LogP contribution in [-0.4, -0.2) is 28.3 Å². The second kappa shape index (κ2) is 6.35. The lowest BCUT2D eigenvalue weighted by Crippen LogP contribution is -2.29. The fourth-order valence-corrected chi connectivity index (χ4v) is 1.72. The van der Waals surface area contributed by atoms with E-state index in [1.54, 1.807) is 18.6 Å². The van der Waals surface area contributed by atoms with Gasteiger partial charge in [0.1, 0.15) is 11.1 Å². The van der Waals surface area contributed by atoms with E-state index in [0.717, 1.165) is 11.6 Å². The fourth-order valence-electron chi connectivity index (χ4n) is 0.917. The second-order valence-electron chi connectivity index (χ2n) is 2.59. The molecule has 14 heavy (non-hydrogen) atoms. The predicted octanol–water partition coefficient (Wildman–Crippen LogP) is 1.07. The molecule has 1 N–H and O–H groups in total. The average Bonchev–Trinajstić information content (AvgIpc) is 2.25. The van der Waals surface area contributed by atoms with Crippen LogP contribution < -0.4 is 5.32 Å². The Morgan fingerprint density at radius 2 is 2.50 bits per heavy atom. The van der Waals surface area contributed by atoms with Crippen molar-refractivity contribution in [1.29, 1.82) is 5.26 Å². The molecule has 0 fully saturated rings. The lowest BCUT2D eigenvalue weighted by Gasteiger charge is -2.07. The van der Waals surface area contributed by atoms with Gasteiger partial charge in [0.25, 0.3) is 0 Å². The molecule has 1 unspecified atom stereocenters. The van der Waals surface area contributed by atoms with Crippen LogP contribution in [0.25, 0.3) is 0 Å². The van der Waals surface area contributed by atoms with Crippen LogP contribution in [-0.2, 0) is 0 Å². The van der Waals surface area contributed by atoms with E-state index in [-0.39, 0.29) is 6.04 Å². The van der Waals surface area contributed by atoms with E-state index in [2.05, 4.69) is 21.4 Å². The largest absolute Gasteiger partial charge is 0.302 e. The molecule has 74 valence electrons. The Hall–Kier alpha value is -1.12. The standard InChI is InChI=1S/C9H12N4S/c1-2-12-8(5-10)7-14-9-6-11-3-4-13-9/h3-4,6,8,12H,2,7H2,1H3. The first-order chi connectivity index (χ1) is 6.86. The van der Waals surface area contributed by atoms with Gasteiger partial charge in [-0.15, -0.1) is 11.8 Å². The predicted molar refractivity (Wildman–Crippen MR) is 55.8 cm³/mol. The van der Waals surface area contributed by atoms with Gasteiger partial charge in [0.15, 0.2) is 0 Å². The molecule has 0 saturated heterocycles. The first-order valence-electron chi connectivity index (χ1n) is 4.38. The maximum absolute atomic E-state index is 8.77. The number of hydrogen-bond donors (Lipinski definition) is 1. The highest BCUT2D eigenvalue weighted by molar-refractivity contribution is 7.99. The molecule has 4 nitrogen and oxygen atoms in total. The van der Waals surface area contributed by atoms with Crippen molar-refractivity contribution in [2.45, 2.75) is 18.0 Å². The number of nitriles is 1. The van der Waals surface area contributed by atoms with Crippen LogP contribution in [0.15, 0.2) is 23.6 Å². The molecular weight excluding hydrogens is 196 g/mol. The summed E-state index contributed by atoms with van der Waals surface area (Å²) in [5.74, 6) is 0.697. The number of nitrogens with zero attached hydrogens (tertiary/aromatic N) is 3. The molecule has 0 aliphatic rings. The van der Waals surface area contributed by atoms with Gasteiger partial charge < -0.3 is 5.32 Å². The normalized spacial score (nSPS) is 12.0. The summed E-state index contributed by atoms with van der Waals surface area (Å²) < 4.78 is 0. The summed E-state index contributed by atoms with van der Waals surface area (Å²) in [6, 6.07) is 2.07. The van der Waals surface area contributed by atoms with E-state index in [0.29, 0.717) is 5.75 Å². The zero-order valence-electron chi connectivity index (χ0n) is 7.97. The van der Waals surface area contributed by atoms with Crippen LogP contribution >= 0.6 is 11.8 Å². The number of thioether (sulfide) groups is 1. The van der Waals surface area contributed by atoms with Crippen molar-refractivity contribution >= 4 is 11.8 Å². The van der Waals surface area contributed by atoms with Gasteiger partial charge in [-0.2, -0.15) is 5.26 Å². The van der Waals surface area contributed by atoms with Crippen LogP contribution in [0.2, 0.25) is 0 Å². The molecule has 1 rings (SSSR count). The van der Waals surface area contributed by atoms with E-state index in [4.69, 9.17) is 5.26 Å². The Morgan fingerprint density at radius 3 is 3.07 bits per heavy atom. The van der Waals surface area contributed by atoms with Crippen LogP contribution in [0.3, 0.4) is 0 Å². The van der Waals surface area contributed by atoms with E-state index in [1.165, 1.54) is 11.8 Å². The quantitative estimate of drug-likeness (QED) is 0.733. The van der Waals surface area contributed by atoms with Gasteiger partial charge in [-0.05, 0) is 6.54 Å². The van der Waals surface area contributed by atoms with Gasteiger partial charge in [0.05, 0.1) is 12.3 Å². The third-order valence-electron chi connectivity index (χ3n) is 1.54. The summed E-state index contributed by atoms with van der Waals surface area (Å²) >= 11 is 1.53. The Labute approximate surface area is 87.8 Å². The average molecular weight is 208 g/mol. The maximum Gasteiger partial charge on any atom is 0.114 e. The molecule has 5 heteroatoms. The molecule has 0 aliphatic carbocycles. The molecule has 0 aromatic carbocycles. The molecule has 0 bridgehead atoms. The van der Waals surface area contributed by atoms with Crippen molar-refractivity contribution < 1.29 is 0 Å². The van der Waals surface area contributed by atoms with Crippen LogP contribution in [0, 0.1) is 11.3 Å². The molecule has 0 radical (unpaired) electrons. The lowest BCUT2D eigenvalue weighted by atomic mass is 10.4. The van der Waals surface area contributed by atoms with Crippen molar-refractivity contribution in [3.63, 3.8) is 0 Å². The smallest absolute Gasteiger partial charge is 0.114 e. The molecular formula is C9H12N4S. The van der Waals surface area contributed by atoms with Gasteiger partial charge in [-0.1, -0.05) is 6.92 Å². The zero-order valence-corrected chi connectivity index (χ0v) is 8.79. The SMILES string of the molecule is CCNC(C#N)CSc1cnccn1. The van der Waals surface area contributed by atoms with Crippen molar-refractivity contribution in [2.24, 2.45) is 0 Å². The van der Waals surface area contributed by atoms with Gasteiger partial charge in [0, 0.05) is 18.1 Å². The van der Waals surface area contributed by atoms with Gasteiger partial charge in [-0.3, -0.25) is 4.98 Å². The van der Waals surface area contributed by atoms with Crippen LogP contribution in [0.4, 0.5) is 0 Å². The summed E-state index contributed by atoms with van der Waals surface area (Å²) in [5.41, 5.74) is 0. The minimum absolute atomic E-state index is 0.119. The van der Waals surface area contributed by atoms with Gasteiger partial charge >= 0.3 is 0 Å². The molecule has 1 aromatic rings. The summed E-state index contributed by atoms with van der Waals surface area (Å²) in [7, 11) is 0. The highest BCUT2D eigenvalue weighted by Crippen LogP contribution is 2.13. The number of nitrogens with one attached hydrogen (secondary N) is 1. The summed E-state index contributed by atoms with van der Waals surface area (Å²) in [5, 5.41) is 12.7. The van der Waals surface area contributed by atoms with Crippen LogP contribution in [0.1, 0.15) is 6.92 Å². The summed E-state index contributed by atoms with van der Waals surface area (Å²) in [6.07, 6.45) is 4.98. The molecule has 0 spiro atoms. The van der Waals surface area contributed by atoms with E-state index >= 15 is 0 Å². The Morgan fingerprint density at radius 1 is 1.64 bits per heavy atom. The second-order valence-corrected chi connectivity index (χ2v) is 3.63. The van der Waals surface area contributed by atoms with Crippen molar-refractivity contribution in [2.75, 3.05) is 12.3 Å². The van der Waals surface area contributed by atoms with Crippen LogP contribution in [0.5, 0.6) is 0 Å². The molecule has 0 saturated carbocycles. The first kappa shape index (κ1) is 11.0. The first-order valence-corrected chi connectivity index (χ1v) is 5.37. The van der Waals surface area contributed by atoms with E-state index in [9.17, 15) is 0 Å². The third kappa shape index (κ3) is 3.73. The monoisotopic (exact) mass is 208 g/mol. The number of aromatic nitrogens is 2. The molecule has 1 heterocycles. The number of hydrogen-bond acceptors (Lipinski definition) is 5. The van der Waals surface area contributed by atoms with E-state index in [1.807, 2.05) is 6.92 Å². The fraction of sp³-hybridized carbons (Fsp3) is 0.444. The van der Waals surface area contributed by atoms with Gasteiger partial charge in [0.2, 0.25) is 0 Å². The molecule has 0 amide bonds.